The van der Waals surface area contributed by atoms with E-state index >= 15 is 0 Å². The van der Waals surface area contributed by atoms with Crippen LogP contribution in [-0.4, -0.2) is 50.2 Å². The third-order valence-electron chi connectivity index (χ3n) is 5.13. The summed E-state index contributed by atoms with van der Waals surface area (Å²) in [5, 5.41) is 5.37. The van der Waals surface area contributed by atoms with Crippen molar-refractivity contribution >= 4 is 21.8 Å². The molecule has 2 aromatic rings. The molecule has 162 valence electrons. The van der Waals surface area contributed by atoms with E-state index in [2.05, 4.69) is 10.6 Å². The zero-order chi connectivity index (χ0) is 21.9. The summed E-state index contributed by atoms with van der Waals surface area (Å²) < 4.78 is 33.0. The number of rotatable bonds is 7. The Bertz CT molecular complexity index is 1010. The maximum Gasteiger partial charge on any atom is 0.287 e. The molecule has 1 unspecified atom stereocenters. The van der Waals surface area contributed by atoms with Crippen LogP contribution in [0.2, 0.25) is 0 Å². The first kappa shape index (κ1) is 22.0. The van der Waals surface area contributed by atoms with Gasteiger partial charge in [-0.15, -0.1) is 0 Å². The highest BCUT2D eigenvalue weighted by molar-refractivity contribution is 7.89. The molecule has 0 radical (unpaired) electrons. The minimum Gasteiger partial charge on any atom is -0.459 e. The fourth-order valence-electron chi connectivity index (χ4n) is 3.96. The summed E-state index contributed by atoms with van der Waals surface area (Å²) in [4.78, 5) is 24.8. The first-order chi connectivity index (χ1) is 14.2. The third kappa shape index (κ3) is 4.57. The van der Waals surface area contributed by atoms with E-state index in [0.29, 0.717) is 30.5 Å². The Kier molecular flexibility index (Phi) is 6.62. The lowest BCUT2D eigenvalue weighted by atomic mass is 10.1. The van der Waals surface area contributed by atoms with Crippen LogP contribution in [0, 0.1) is 20.8 Å². The molecule has 0 bridgehead atoms. The van der Waals surface area contributed by atoms with Crippen LogP contribution >= 0.6 is 0 Å². The van der Waals surface area contributed by atoms with Gasteiger partial charge in [0.15, 0.2) is 5.76 Å². The van der Waals surface area contributed by atoms with Crippen molar-refractivity contribution in [2.45, 2.75) is 44.6 Å². The van der Waals surface area contributed by atoms with Crippen LogP contribution in [0.1, 0.15) is 40.1 Å². The molecular weight excluding hydrogens is 406 g/mol. The number of sulfonamides is 1. The smallest absolute Gasteiger partial charge is 0.287 e. The van der Waals surface area contributed by atoms with Gasteiger partial charge < -0.3 is 15.1 Å². The highest BCUT2D eigenvalue weighted by atomic mass is 32.2. The molecule has 8 nitrogen and oxygen atoms in total. The molecule has 1 aromatic heterocycles. The van der Waals surface area contributed by atoms with Gasteiger partial charge in [-0.2, -0.15) is 4.31 Å². The highest BCUT2D eigenvalue weighted by Crippen LogP contribution is 2.30. The molecule has 1 aromatic carbocycles. The van der Waals surface area contributed by atoms with Crippen molar-refractivity contribution in [2.75, 3.05) is 19.6 Å². The number of nitrogens with one attached hydrogen (secondary N) is 2. The molecule has 9 heteroatoms. The monoisotopic (exact) mass is 433 g/mol. The van der Waals surface area contributed by atoms with E-state index in [1.807, 2.05) is 19.1 Å². The van der Waals surface area contributed by atoms with Crippen LogP contribution in [0.3, 0.4) is 0 Å². The zero-order valence-corrected chi connectivity index (χ0v) is 18.2. The first-order valence-electron chi connectivity index (χ1n) is 9.91. The number of hydrogen-bond donors (Lipinski definition) is 2. The summed E-state index contributed by atoms with van der Waals surface area (Å²) >= 11 is 0. The van der Waals surface area contributed by atoms with Crippen molar-refractivity contribution in [2.24, 2.45) is 0 Å². The number of amides is 2. The van der Waals surface area contributed by atoms with E-state index < -0.39 is 16.1 Å². The molecule has 0 spiro atoms. The number of nitrogens with zero attached hydrogens (tertiary/aromatic N) is 1. The van der Waals surface area contributed by atoms with Gasteiger partial charge in [0, 0.05) is 19.6 Å². The van der Waals surface area contributed by atoms with Crippen LogP contribution in [0.15, 0.2) is 39.8 Å². The number of furan rings is 1. The lowest BCUT2D eigenvalue weighted by Gasteiger charge is -2.25. The van der Waals surface area contributed by atoms with E-state index in [1.54, 1.807) is 26.0 Å². The van der Waals surface area contributed by atoms with Gasteiger partial charge in [0.1, 0.15) is 6.04 Å². The van der Waals surface area contributed by atoms with E-state index in [-0.39, 0.29) is 35.6 Å². The predicted octanol–water partition coefficient (Wildman–Crippen LogP) is 1.90. The molecule has 3 rings (SSSR count). The maximum atomic E-state index is 13.3. The molecular formula is C21H27N3O5S. The van der Waals surface area contributed by atoms with Crippen LogP contribution in [-0.2, 0) is 14.8 Å². The van der Waals surface area contributed by atoms with Gasteiger partial charge in [-0.1, -0.05) is 17.7 Å². The van der Waals surface area contributed by atoms with Crippen LogP contribution in [0.25, 0.3) is 0 Å². The fraction of sp³-hybridized carbons (Fsp3) is 0.429. The zero-order valence-electron chi connectivity index (χ0n) is 17.4. The average Bonchev–Trinajstić information content (AvgIpc) is 3.35. The predicted molar refractivity (Wildman–Crippen MR) is 112 cm³/mol. The van der Waals surface area contributed by atoms with Gasteiger partial charge in [-0.05, 0) is 56.9 Å². The molecule has 2 heterocycles. The lowest BCUT2D eigenvalue weighted by molar-refractivity contribution is -0.124. The molecule has 0 saturated carbocycles. The quantitative estimate of drug-likeness (QED) is 0.649. The molecule has 2 N–H and O–H groups in total. The second kappa shape index (κ2) is 9.01. The lowest BCUT2D eigenvalue weighted by Crippen LogP contribution is -2.47. The molecule has 2 amide bonds. The second-order valence-electron chi connectivity index (χ2n) is 7.53. The van der Waals surface area contributed by atoms with Gasteiger partial charge in [-0.25, -0.2) is 8.42 Å². The van der Waals surface area contributed by atoms with Crippen LogP contribution in [0.4, 0.5) is 0 Å². The molecule has 1 fully saturated rings. The Balaban J connectivity index is 1.63. The summed E-state index contributed by atoms with van der Waals surface area (Å²) in [6.07, 6.45) is 2.49. The molecule has 0 aliphatic carbocycles. The topological polar surface area (TPSA) is 109 Å². The molecule has 30 heavy (non-hydrogen) atoms. The van der Waals surface area contributed by atoms with Crippen LogP contribution < -0.4 is 10.6 Å². The van der Waals surface area contributed by atoms with Crippen molar-refractivity contribution in [3.63, 3.8) is 0 Å². The van der Waals surface area contributed by atoms with Crippen molar-refractivity contribution in [1.82, 2.24) is 14.9 Å². The average molecular weight is 434 g/mol. The van der Waals surface area contributed by atoms with Gasteiger partial charge in [0.05, 0.1) is 11.2 Å². The first-order valence-corrected chi connectivity index (χ1v) is 11.3. The van der Waals surface area contributed by atoms with Crippen molar-refractivity contribution in [1.29, 1.82) is 0 Å². The number of benzene rings is 1. The molecule has 1 saturated heterocycles. The largest absolute Gasteiger partial charge is 0.459 e. The summed E-state index contributed by atoms with van der Waals surface area (Å²) in [7, 11) is -3.79. The van der Waals surface area contributed by atoms with E-state index in [4.69, 9.17) is 4.42 Å². The van der Waals surface area contributed by atoms with Gasteiger partial charge in [0.2, 0.25) is 15.9 Å². The molecule has 1 aliphatic heterocycles. The van der Waals surface area contributed by atoms with Crippen molar-refractivity contribution in [3.8, 4) is 0 Å². The highest BCUT2D eigenvalue weighted by Gasteiger charge is 2.40. The Morgan fingerprint density at radius 1 is 1.13 bits per heavy atom. The van der Waals surface area contributed by atoms with Crippen molar-refractivity contribution in [3.05, 3.63) is 53.0 Å². The Morgan fingerprint density at radius 3 is 2.43 bits per heavy atom. The standard InChI is InChI=1S/C21H27N3O5S/c1-14-12-15(2)19(16(3)13-14)30(27,28)24-10-4-6-17(24)20(25)22-8-9-23-21(26)18-7-5-11-29-18/h5,7,11-13,17H,4,6,8-10H2,1-3H3,(H,22,25)(H,23,26). The SMILES string of the molecule is Cc1cc(C)c(S(=O)(=O)N2CCCC2C(=O)NCCNC(=O)c2ccco2)c(C)c1. The van der Waals surface area contributed by atoms with E-state index in [0.717, 1.165) is 5.56 Å². The minimum atomic E-state index is -3.79. The Morgan fingerprint density at radius 2 is 1.80 bits per heavy atom. The van der Waals surface area contributed by atoms with Crippen LogP contribution in [0.5, 0.6) is 0 Å². The van der Waals surface area contributed by atoms with E-state index in [9.17, 15) is 18.0 Å². The molecule has 1 aliphatic rings. The summed E-state index contributed by atoms with van der Waals surface area (Å²) in [6, 6.07) is 6.09. The van der Waals surface area contributed by atoms with Gasteiger partial charge in [-0.3, -0.25) is 9.59 Å². The molecule has 1 atom stereocenters. The van der Waals surface area contributed by atoms with Gasteiger partial charge >= 0.3 is 0 Å². The summed E-state index contributed by atoms with van der Waals surface area (Å²) in [5.74, 6) is -0.534. The Labute approximate surface area is 176 Å². The fourth-order valence-corrected chi connectivity index (χ4v) is 6.03. The number of carbonyl (C=O) groups excluding carboxylic acids is 2. The number of carbonyl (C=O) groups is 2. The second-order valence-corrected chi connectivity index (χ2v) is 9.35. The normalized spacial score (nSPS) is 17.1. The number of aryl methyl sites for hydroxylation is 3. The third-order valence-corrected chi connectivity index (χ3v) is 7.35. The minimum absolute atomic E-state index is 0.193. The maximum absolute atomic E-state index is 13.3. The Hall–Kier alpha value is -2.65. The van der Waals surface area contributed by atoms with E-state index in [1.165, 1.54) is 10.6 Å². The summed E-state index contributed by atoms with van der Waals surface area (Å²) in [6.45, 7) is 6.19. The number of hydrogen-bond acceptors (Lipinski definition) is 5. The van der Waals surface area contributed by atoms with Gasteiger partial charge in [0.25, 0.3) is 5.91 Å². The van der Waals surface area contributed by atoms with Crippen molar-refractivity contribution < 1.29 is 22.4 Å². The summed E-state index contributed by atoms with van der Waals surface area (Å²) in [5.41, 5.74) is 2.36.